The van der Waals surface area contributed by atoms with E-state index in [0.717, 1.165) is 24.1 Å². The highest BCUT2D eigenvalue weighted by molar-refractivity contribution is 6.31. The fraction of sp³-hybridized carbons (Fsp3) is 0.292. The van der Waals surface area contributed by atoms with Gasteiger partial charge in [0.25, 0.3) is 5.91 Å². The maximum absolute atomic E-state index is 12.8. The van der Waals surface area contributed by atoms with E-state index in [-0.39, 0.29) is 24.3 Å². The number of nitrogens with one attached hydrogen (secondary N) is 1. The molecule has 0 aliphatic rings. The number of halogens is 2. The van der Waals surface area contributed by atoms with Crippen LogP contribution in [0.15, 0.2) is 59.0 Å². The molecule has 0 spiro atoms. The minimum atomic E-state index is -0.271. The van der Waals surface area contributed by atoms with Crippen LogP contribution in [0.5, 0.6) is 5.75 Å². The lowest BCUT2D eigenvalue weighted by Gasteiger charge is -2.21. The van der Waals surface area contributed by atoms with E-state index >= 15 is 0 Å². The molecule has 5 nitrogen and oxygen atoms in total. The summed E-state index contributed by atoms with van der Waals surface area (Å²) < 4.78 is 11.5. The molecule has 0 fully saturated rings. The van der Waals surface area contributed by atoms with Gasteiger partial charge in [0.15, 0.2) is 5.76 Å². The summed E-state index contributed by atoms with van der Waals surface area (Å²) in [5, 5.41) is 4.42. The van der Waals surface area contributed by atoms with Crippen LogP contribution in [0.2, 0.25) is 10.0 Å². The molecule has 1 unspecified atom stereocenters. The van der Waals surface area contributed by atoms with Crippen molar-refractivity contribution in [1.82, 2.24) is 10.2 Å². The number of nitrogens with zero attached hydrogens (tertiary/aromatic N) is 1. The summed E-state index contributed by atoms with van der Waals surface area (Å²) in [6.07, 6.45) is 0.757. The molecule has 0 radical (unpaired) electrons. The number of carbonyl (C=O) groups excluding carboxylic acids is 1. The van der Waals surface area contributed by atoms with E-state index in [9.17, 15) is 4.79 Å². The lowest BCUT2D eigenvalue weighted by atomic mass is 10.0. The number of hydrogen-bond donors (Lipinski definition) is 1. The molecule has 0 saturated heterocycles. The normalized spacial score (nSPS) is 12.1. The molecular formula is C24H26Cl2N2O3. The Morgan fingerprint density at radius 1 is 1.10 bits per heavy atom. The zero-order chi connectivity index (χ0) is 22.4. The second-order valence-electron chi connectivity index (χ2n) is 7.64. The molecule has 164 valence electrons. The number of amides is 1. The molecule has 0 saturated carbocycles. The second-order valence-corrected chi connectivity index (χ2v) is 8.48. The van der Waals surface area contributed by atoms with Gasteiger partial charge in [-0.25, -0.2) is 0 Å². The lowest BCUT2D eigenvalue weighted by molar-refractivity contribution is 0.0900. The number of hydrogen-bond acceptors (Lipinski definition) is 4. The maximum atomic E-state index is 12.8. The van der Waals surface area contributed by atoms with Crippen molar-refractivity contribution in [2.24, 2.45) is 0 Å². The Morgan fingerprint density at radius 3 is 2.52 bits per heavy atom. The molecule has 2 aromatic carbocycles. The third-order valence-electron chi connectivity index (χ3n) is 4.84. The summed E-state index contributed by atoms with van der Waals surface area (Å²) in [5.41, 5.74) is 1.93. The molecule has 1 atom stereocenters. The number of rotatable bonds is 9. The molecule has 3 rings (SSSR count). The second kappa shape index (κ2) is 10.7. The Balaban J connectivity index is 1.64. The van der Waals surface area contributed by atoms with Crippen LogP contribution in [0.4, 0.5) is 0 Å². The van der Waals surface area contributed by atoms with Gasteiger partial charge in [-0.2, -0.15) is 0 Å². The molecule has 0 bridgehead atoms. The molecule has 0 aliphatic heterocycles. The predicted octanol–water partition coefficient (Wildman–Crippen LogP) is 5.90. The van der Waals surface area contributed by atoms with E-state index in [0.29, 0.717) is 21.6 Å². The van der Waals surface area contributed by atoms with Gasteiger partial charge >= 0.3 is 0 Å². The Kier molecular flexibility index (Phi) is 8.02. The van der Waals surface area contributed by atoms with Crippen molar-refractivity contribution >= 4 is 29.1 Å². The van der Waals surface area contributed by atoms with Gasteiger partial charge in [-0.05, 0) is 87.6 Å². The van der Waals surface area contributed by atoms with Gasteiger partial charge in [-0.1, -0.05) is 35.3 Å². The van der Waals surface area contributed by atoms with Gasteiger partial charge in [-0.3, -0.25) is 4.79 Å². The smallest absolute Gasteiger partial charge is 0.287 e. The Hall–Kier alpha value is -2.47. The van der Waals surface area contributed by atoms with Crippen LogP contribution in [0.1, 0.15) is 39.9 Å². The standard InChI is InChI=1S/C24H26Cl2N2O3/c1-16-14-19(8-10-21(16)26)30-15-20-9-11-23(31-20)24(29)27-22(12-13-28(2)3)17-4-6-18(25)7-5-17/h4-11,14,22H,12-13,15H2,1-3H3,(H,27,29). The van der Waals surface area contributed by atoms with Crippen molar-refractivity contribution in [3.05, 3.63) is 87.3 Å². The summed E-state index contributed by atoms with van der Waals surface area (Å²) in [6.45, 7) is 2.96. The third kappa shape index (κ3) is 6.76. The molecule has 1 aromatic heterocycles. The Bertz CT molecular complexity index is 1020. The SMILES string of the molecule is Cc1cc(OCc2ccc(C(=O)NC(CCN(C)C)c3ccc(Cl)cc3)o2)ccc1Cl. The van der Waals surface area contributed by atoms with Gasteiger partial charge < -0.3 is 19.4 Å². The molecular weight excluding hydrogens is 435 g/mol. The number of carbonyl (C=O) groups is 1. The van der Waals surface area contributed by atoms with E-state index in [1.165, 1.54) is 0 Å². The van der Waals surface area contributed by atoms with E-state index in [4.69, 9.17) is 32.4 Å². The first-order valence-corrected chi connectivity index (χ1v) is 10.8. The summed E-state index contributed by atoms with van der Waals surface area (Å²) in [4.78, 5) is 14.9. The highest BCUT2D eigenvalue weighted by Crippen LogP contribution is 2.23. The van der Waals surface area contributed by atoms with Gasteiger partial charge in [0.05, 0.1) is 6.04 Å². The third-order valence-corrected chi connectivity index (χ3v) is 5.51. The lowest BCUT2D eigenvalue weighted by Crippen LogP contribution is -2.30. The van der Waals surface area contributed by atoms with Crippen LogP contribution >= 0.6 is 23.2 Å². The van der Waals surface area contributed by atoms with E-state index in [1.807, 2.05) is 51.4 Å². The fourth-order valence-electron chi connectivity index (χ4n) is 3.07. The molecule has 1 N–H and O–H groups in total. The van der Waals surface area contributed by atoms with Crippen LogP contribution < -0.4 is 10.1 Å². The van der Waals surface area contributed by atoms with Crippen LogP contribution in [0.25, 0.3) is 0 Å². The summed E-state index contributed by atoms with van der Waals surface area (Å²) in [7, 11) is 4.00. The summed E-state index contributed by atoms with van der Waals surface area (Å²) >= 11 is 12.1. The van der Waals surface area contributed by atoms with Crippen LogP contribution in [-0.2, 0) is 6.61 Å². The number of benzene rings is 2. The molecule has 0 aliphatic carbocycles. The first-order chi connectivity index (χ1) is 14.8. The molecule has 1 heterocycles. The largest absolute Gasteiger partial charge is 0.486 e. The topological polar surface area (TPSA) is 54.7 Å². The van der Waals surface area contributed by atoms with Crippen molar-refractivity contribution in [3.63, 3.8) is 0 Å². The van der Waals surface area contributed by atoms with Crippen molar-refractivity contribution in [2.75, 3.05) is 20.6 Å². The minimum Gasteiger partial charge on any atom is -0.486 e. The number of aryl methyl sites for hydroxylation is 1. The zero-order valence-electron chi connectivity index (χ0n) is 17.8. The van der Waals surface area contributed by atoms with Gasteiger partial charge in [0.1, 0.15) is 18.1 Å². The van der Waals surface area contributed by atoms with E-state index < -0.39 is 0 Å². The summed E-state index contributed by atoms with van der Waals surface area (Å²) in [5.74, 6) is 1.23. The molecule has 7 heteroatoms. The predicted molar refractivity (Wildman–Crippen MR) is 124 cm³/mol. The number of ether oxygens (including phenoxy) is 1. The zero-order valence-corrected chi connectivity index (χ0v) is 19.3. The van der Waals surface area contributed by atoms with Crippen LogP contribution in [0.3, 0.4) is 0 Å². The molecule has 1 amide bonds. The average molecular weight is 461 g/mol. The maximum Gasteiger partial charge on any atom is 0.287 e. The van der Waals surface area contributed by atoms with Gasteiger partial charge in [0.2, 0.25) is 0 Å². The van der Waals surface area contributed by atoms with Crippen molar-refractivity contribution in [3.8, 4) is 5.75 Å². The first kappa shape index (κ1) is 23.2. The van der Waals surface area contributed by atoms with Crippen molar-refractivity contribution in [1.29, 1.82) is 0 Å². The Labute approximate surface area is 192 Å². The van der Waals surface area contributed by atoms with Crippen molar-refractivity contribution in [2.45, 2.75) is 26.0 Å². The van der Waals surface area contributed by atoms with Crippen LogP contribution in [-0.4, -0.2) is 31.4 Å². The van der Waals surface area contributed by atoms with E-state index in [1.54, 1.807) is 24.3 Å². The van der Waals surface area contributed by atoms with Crippen LogP contribution in [0, 0.1) is 6.92 Å². The number of furan rings is 1. The molecule has 31 heavy (non-hydrogen) atoms. The minimum absolute atomic E-state index is 0.158. The quantitative estimate of drug-likeness (QED) is 0.431. The highest BCUT2D eigenvalue weighted by atomic mass is 35.5. The van der Waals surface area contributed by atoms with Crippen molar-refractivity contribution < 1.29 is 13.9 Å². The monoisotopic (exact) mass is 460 g/mol. The van der Waals surface area contributed by atoms with Gasteiger partial charge in [-0.15, -0.1) is 0 Å². The highest BCUT2D eigenvalue weighted by Gasteiger charge is 2.19. The Morgan fingerprint density at radius 2 is 1.84 bits per heavy atom. The summed E-state index contributed by atoms with van der Waals surface area (Å²) in [6, 6.07) is 16.2. The van der Waals surface area contributed by atoms with E-state index in [2.05, 4.69) is 10.2 Å². The average Bonchev–Trinajstić information content (AvgIpc) is 3.21. The first-order valence-electron chi connectivity index (χ1n) is 10.0. The molecule has 3 aromatic rings. The van der Waals surface area contributed by atoms with Gasteiger partial charge in [0, 0.05) is 10.0 Å². The fourth-order valence-corrected chi connectivity index (χ4v) is 3.32.